The van der Waals surface area contributed by atoms with E-state index in [4.69, 9.17) is 21.3 Å². The van der Waals surface area contributed by atoms with E-state index in [0.717, 1.165) is 34.1 Å². The van der Waals surface area contributed by atoms with Gasteiger partial charge in [0.2, 0.25) is 5.78 Å². The molecule has 0 unspecified atom stereocenters. The van der Waals surface area contributed by atoms with Gasteiger partial charge in [0.05, 0.1) is 7.11 Å². The Labute approximate surface area is 156 Å². The molecular formula is C20H17ClN4O. The number of anilines is 2. The van der Waals surface area contributed by atoms with Crippen LogP contribution in [0.4, 0.5) is 11.5 Å². The predicted molar refractivity (Wildman–Crippen MR) is 104 cm³/mol. The molecule has 6 heteroatoms. The monoisotopic (exact) mass is 364 g/mol. The molecule has 0 amide bonds. The molecule has 1 N–H and O–H groups in total. The SMILES string of the molecule is COc1ccc(-c2nc3ncccn3c2Nc2ccc(C)c(Cl)c2)cc1. The maximum Gasteiger partial charge on any atom is 0.235 e. The molecule has 0 aliphatic rings. The molecule has 0 spiro atoms. The first kappa shape index (κ1) is 16.4. The Kier molecular flexibility index (Phi) is 4.22. The van der Waals surface area contributed by atoms with Crippen molar-refractivity contribution in [3.8, 4) is 17.0 Å². The number of aryl methyl sites for hydroxylation is 1. The van der Waals surface area contributed by atoms with Gasteiger partial charge in [0.1, 0.15) is 17.3 Å². The van der Waals surface area contributed by atoms with Gasteiger partial charge in [-0.2, -0.15) is 0 Å². The summed E-state index contributed by atoms with van der Waals surface area (Å²) in [6, 6.07) is 15.6. The van der Waals surface area contributed by atoms with Crippen molar-refractivity contribution in [1.29, 1.82) is 0 Å². The lowest BCUT2D eigenvalue weighted by molar-refractivity contribution is 0.415. The third-order valence-corrected chi connectivity index (χ3v) is 4.61. The highest BCUT2D eigenvalue weighted by atomic mass is 35.5. The minimum absolute atomic E-state index is 0.624. The first-order valence-corrected chi connectivity index (χ1v) is 8.54. The highest BCUT2D eigenvalue weighted by Crippen LogP contribution is 2.32. The van der Waals surface area contributed by atoms with E-state index in [1.165, 1.54) is 0 Å². The molecule has 0 saturated heterocycles. The van der Waals surface area contributed by atoms with Gasteiger partial charge in [0.15, 0.2) is 0 Å². The van der Waals surface area contributed by atoms with Crippen LogP contribution in [0.2, 0.25) is 5.02 Å². The molecule has 0 radical (unpaired) electrons. The van der Waals surface area contributed by atoms with Gasteiger partial charge >= 0.3 is 0 Å². The van der Waals surface area contributed by atoms with Gasteiger partial charge in [-0.15, -0.1) is 0 Å². The lowest BCUT2D eigenvalue weighted by Crippen LogP contribution is -1.97. The van der Waals surface area contributed by atoms with E-state index in [0.29, 0.717) is 10.8 Å². The summed E-state index contributed by atoms with van der Waals surface area (Å²) in [6.45, 7) is 1.98. The number of nitrogens with one attached hydrogen (secondary N) is 1. The summed E-state index contributed by atoms with van der Waals surface area (Å²) in [7, 11) is 1.65. The van der Waals surface area contributed by atoms with Crippen LogP contribution in [0.1, 0.15) is 5.56 Å². The van der Waals surface area contributed by atoms with E-state index >= 15 is 0 Å². The van der Waals surface area contributed by atoms with Crippen molar-refractivity contribution in [2.45, 2.75) is 6.92 Å². The van der Waals surface area contributed by atoms with Gasteiger partial charge in [-0.1, -0.05) is 17.7 Å². The molecule has 5 nitrogen and oxygen atoms in total. The largest absolute Gasteiger partial charge is 0.497 e. The second-order valence-electron chi connectivity index (χ2n) is 5.92. The van der Waals surface area contributed by atoms with Gasteiger partial charge in [-0.3, -0.25) is 4.40 Å². The quantitative estimate of drug-likeness (QED) is 0.546. The molecule has 4 aromatic rings. The normalized spacial score (nSPS) is 10.9. The van der Waals surface area contributed by atoms with E-state index in [1.54, 1.807) is 13.3 Å². The summed E-state index contributed by atoms with van der Waals surface area (Å²) in [5.74, 6) is 2.26. The molecule has 2 aromatic carbocycles. The highest BCUT2D eigenvalue weighted by Gasteiger charge is 2.15. The first-order valence-electron chi connectivity index (χ1n) is 8.16. The van der Waals surface area contributed by atoms with Crippen molar-refractivity contribution in [2.24, 2.45) is 0 Å². The van der Waals surface area contributed by atoms with Gasteiger partial charge in [0, 0.05) is 28.7 Å². The fourth-order valence-corrected chi connectivity index (χ4v) is 2.94. The van der Waals surface area contributed by atoms with Crippen LogP contribution in [0, 0.1) is 6.92 Å². The maximum atomic E-state index is 6.27. The van der Waals surface area contributed by atoms with Gasteiger partial charge in [-0.05, 0) is 55.0 Å². The lowest BCUT2D eigenvalue weighted by atomic mass is 10.1. The van der Waals surface area contributed by atoms with Crippen LogP contribution < -0.4 is 10.1 Å². The van der Waals surface area contributed by atoms with Crippen LogP contribution in [-0.2, 0) is 0 Å². The lowest BCUT2D eigenvalue weighted by Gasteiger charge is -2.10. The fraction of sp³-hybridized carbons (Fsp3) is 0.100. The molecule has 2 aromatic heterocycles. The smallest absolute Gasteiger partial charge is 0.235 e. The molecule has 130 valence electrons. The number of halogens is 1. The molecule has 0 atom stereocenters. The second-order valence-corrected chi connectivity index (χ2v) is 6.32. The molecular weight excluding hydrogens is 348 g/mol. The van der Waals surface area contributed by atoms with Gasteiger partial charge < -0.3 is 10.1 Å². The van der Waals surface area contributed by atoms with E-state index in [2.05, 4.69) is 10.3 Å². The van der Waals surface area contributed by atoms with E-state index < -0.39 is 0 Å². The summed E-state index contributed by atoms with van der Waals surface area (Å²) in [4.78, 5) is 9.05. The third-order valence-electron chi connectivity index (χ3n) is 4.20. The summed E-state index contributed by atoms with van der Waals surface area (Å²) >= 11 is 6.27. The highest BCUT2D eigenvalue weighted by molar-refractivity contribution is 6.31. The Morgan fingerprint density at radius 1 is 1.12 bits per heavy atom. The van der Waals surface area contributed by atoms with Crippen molar-refractivity contribution >= 4 is 28.9 Å². The summed E-state index contributed by atoms with van der Waals surface area (Å²) < 4.78 is 7.17. The number of benzene rings is 2. The van der Waals surface area contributed by atoms with Gasteiger partial charge in [-0.25, -0.2) is 9.97 Å². The second kappa shape index (κ2) is 6.69. The van der Waals surface area contributed by atoms with Crippen LogP contribution in [-0.4, -0.2) is 21.5 Å². The van der Waals surface area contributed by atoms with Crippen molar-refractivity contribution in [1.82, 2.24) is 14.4 Å². The zero-order valence-corrected chi connectivity index (χ0v) is 15.2. The Hall–Kier alpha value is -3.05. The topological polar surface area (TPSA) is 51.5 Å². The molecule has 0 saturated carbocycles. The average molecular weight is 365 g/mol. The number of nitrogens with zero attached hydrogens (tertiary/aromatic N) is 3. The number of hydrogen-bond donors (Lipinski definition) is 1. The van der Waals surface area contributed by atoms with Crippen molar-refractivity contribution in [3.63, 3.8) is 0 Å². The maximum absolute atomic E-state index is 6.27. The zero-order chi connectivity index (χ0) is 18.1. The van der Waals surface area contributed by atoms with Crippen LogP contribution >= 0.6 is 11.6 Å². The van der Waals surface area contributed by atoms with Crippen molar-refractivity contribution in [3.05, 3.63) is 71.5 Å². The zero-order valence-electron chi connectivity index (χ0n) is 14.4. The van der Waals surface area contributed by atoms with E-state index in [1.807, 2.05) is 66.1 Å². The Morgan fingerprint density at radius 3 is 2.65 bits per heavy atom. The Morgan fingerprint density at radius 2 is 1.92 bits per heavy atom. The number of imidazole rings is 1. The number of ether oxygens (including phenoxy) is 1. The van der Waals surface area contributed by atoms with Gasteiger partial charge in [0.25, 0.3) is 0 Å². The minimum atomic E-state index is 0.624. The average Bonchev–Trinajstić information content (AvgIpc) is 3.03. The number of hydrogen-bond acceptors (Lipinski definition) is 4. The summed E-state index contributed by atoms with van der Waals surface area (Å²) in [6.07, 6.45) is 3.66. The number of rotatable bonds is 4. The summed E-state index contributed by atoms with van der Waals surface area (Å²) in [5.41, 5.74) is 3.70. The Balaban J connectivity index is 1.84. The standard InChI is InChI=1S/C20H17ClN4O/c1-13-4-7-15(12-17(13)21)23-19-18(14-5-8-16(26-2)9-6-14)24-20-22-10-3-11-25(19)20/h3-12,23H,1-2H3. The Bertz CT molecular complexity index is 1070. The van der Waals surface area contributed by atoms with Crippen LogP contribution in [0.3, 0.4) is 0 Å². The molecule has 2 heterocycles. The van der Waals surface area contributed by atoms with Crippen molar-refractivity contribution < 1.29 is 4.74 Å². The van der Waals surface area contributed by atoms with Crippen LogP contribution in [0.25, 0.3) is 17.0 Å². The first-order chi connectivity index (χ1) is 12.7. The molecule has 0 bridgehead atoms. The van der Waals surface area contributed by atoms with Crippen LogP contribution in [0.15, 0.2) is 60.9 Å². The molecule has 0 aliphatic carbocycles. The number of fused-ring (bicyclic) bond motifs is 1. The number of aromatic nitrogens is 3. The molecule has 0 aliphatic heterocycles. The van der Waals surface area contributed by atoms with E-state index in [9.17, 15) is 0 Å². The third kappa shape index (κ3) is 2.97. The number of methoxy groups -OCH3 is 1. The fourth-order valence-electron chi connectivity index (χ4n) is 2.76. The van der Waals surface area contributed by atoms with E-state index in [-0.39, 0.29) is 0 Å². The van der Waals surface area contributed by atoms with Crippen LogP contribution in [0.5, 0.6) is 5.75 Å². The molecule has 0 fully saturated rings. The predicted octanol–water partition coefficient (Wildman–Crippen LogP) is 5.11. The summed E-state index contributed by atoms with van der Waals surface area (Å²) in [5, 5.41) is 4.15. The van der Waals surface area contributed by atoms with Crippen molar-refractivity contribution in [2.75, 3.05) is 12.4 Å². The molecule has 26 heavy (non-hydrogen) atoms. The minimum Gasteiger partial charge on any atom is -0.497 e. The molecule has 4 rings (SSSR count).